The van der Waals surface area contributed by atoms with E-state index in [9.17, 15) is 9.18 Å². The Morgan fingerprint density at radius 1 is 1.07 bits per heavy atom. The highest BCUT2D eigenvalue weighted by atomic mass is 35.5. The van der Waals surface area contributed by atoms with Crippen molar-refractivity contribution < 1.29 is 18.7 Å². The lowest BCUT2D eigenvalue weighted by atomic mass is 9.89. The van der Waals surface area contributed by atoms with E-state index in [0.717, 1.165) is 12.0 Å². The quantitative estimate of drug-likeness (QED) is 0.617. The Labute approximate surface area is 172 Å². The third-order valence-electron chi connectivity index (χ3n) is 4.55. The molecule has 0 aliphatic heterocycles. The van der Waals surface area contributed by atoms with E-state index < -0.39 is 18.1 Å². The largest absolute Gasteiger partial charge is 0.486 e. The van der Waals surface area contributed by atoms with E-state index in [1.165, 1.54) is 12.1 Å². The van der Waals surface area contributed by atoms with Gasteiger partial charge in [0.15, 0.2) is 0 Å². The summed E-state index contributed by atoms with van der Waals surface area (Å²) in [5.74, 6) is 0.0687. The number of halogens is 2. The lowest BCUT2D eigenvalue weighted by Gasteiger charge is -2.32. The predicted octanol–water partition coefficient (Wildman–Crippen LogP) is 4.54. The van der Waals surface area contributed by atoms with Crippen molar-refractivity contribution in [2.45, 2.75) is 51.9 Å². The molecule has 0 saturated carbocycles. The summed E-state index contributed by atoms with van der Waals surface area (Å²) in [5, 5.41) is 0. The van der Waals surface area contributed by atoms with Crippen molar-refractivity contribution in [1.29, 1.82) is 0 Å². The van der Waals surface area contributed by atoms with Gasteiger partial charge in [-0.3, -0.25) is 4.79 Å². The van der Waals surface area contributed by atoms with Crippen molar-refractivity contribution in [1.82, 2.24) is 0 Å². The van der Waals surface area contributed by atoms with E-state index in [1.807, 2.05) is 37.3 Å². The van der Waals surface area contributed by atoms with Crippen LogP contribution >= 0.6 is 12.4 Å². The van der Waals surface area contributed by atoms with Crippen molar-refractivity contribution in [2.24, 2.45) is 11.7 Å². The van der Waals surface area contributed by atoms with Gasteiger partial charge in [-0.15, -0.1) is 12.4 Å². The summed E-state index contributed by atoms with van der Waals surface area (Å²) in [7, 11) is 0. The van der Waals surface area contributed by atoms with Crippen LogP contribution in [0.25, 0.3) is 0 Å². The molecule has 0 radical (unpaired) electrons. The lowest BCUT2D eigenvalue weighted by molar-refractivity contribution is -0.155. The zero-order chi connectivity index (χ0) is 19.8. The Hall–Kier alpha value is -2.11. The monoisotopic (exact) mass is 409 g/mol. The van der Waals surface area contributed by atoms with Gasteiger partial charge in [-0.25, -0.2) is 4.39 Å². The molecule has 0 fully saturated rings. The van der Waals surface area contributed by atoms with Gasteiger partial charge in [0.1, 0.15) is 29.8 Å². The average molecular weight is 410 g/mol. The molecule has 2 N–H and O–H groups in total. The second kappa shape index (κ2) is 11.7. The summed E-state index contributed by atoms with van der Waals surface area (Å²) in [6.07, 6.45) is 0.669. The van der Waals surface area contributed by atoms with Gasteiger partial charge >= 0.3 is 5.97 Å². The molecule has 0 heterocycles. The van der Waals surface area contributed by atoms with Gasteiger partial charge in [-0.1, -0.05) is 37.3 Å². The van der Waals surface area contributed by atoms with E-state index in [0.29, 0.717) is 12.2 Å². The molecule has 4 atom stereocenters. The maximum atomic E-state index is 13.2. The molecule has 0 amide bonds. The van der Waals surface area contributed by atoms with Gasteiger partial charge in [0, 0.05) is 5.92 Å². The van der Waals surface area contributed by atoms with Crippen LogP contribution in [0.1, 0.15) is 32.8 Å². The molecule has 0 aliphatic rings. The molecule has 28 heavy (non-hydrogen) atoms. The normalized spacial score (nSPS) is 14.9. The first-order valence-corrected chi connectivity index (χ1v) is 9.33. The highest BCUT2D eigenvalue weighted by molar-refractivity contribution is 5.85. The summed E-state index contributed by atoms with van der Waals surface area (Å²) >= 11 is 0. The fourth-order valence-electron chi connectivity index (χ4n) is 3.01. The Balaban J connectivity index is 0.00000392. The Kier molecular flexibility index (Phi) is 9.97. The van der Waals surface area contributed by atoms with Crippen molar-refractivity contribution in [3.05, 3.63) is 66.0 Å². The summed E-state index contributed by atoms with van der Waals surface area (Å²) in [6, 6.07) is 15.2. The summed E-state index contributed by atoms with van der Waals surface area (Å²) < 4.78 is 25.0. The van der Waals surface area contributed by atoms with Crippen LogP contribution in [0, 0.1) is 11.7 Å². The maximum absolute atomic E-state index is 13.2. The van der Waals surface area contributed by atoms with E-state index in [-0.39, 0.29) is 30.2 Å². The first-order valence-electron chi connectivity index (χ1n) is 9.33. The lowest BCUT2D eigenvalue weighted by Crippen LogP contribution is -2.43. The molecule has 0 unspecified atom stereocenters. The molecule has 0 aromatic heterocycles. The zero-order valence-electron chi connectivity index (χ0n) is 16.5. The molecule has 0 saturated heterocycles. The molecule has 0 spiro atoms. The standard InChI is InChI=1S/C22H28FNO3.ClH/c1-4-18(14-17-10-12-19(23)13-11-17)21(16(3)26-22(25)15(2)24)27-20-8-6-5-7-9-20;/h5-13,15-16,18,21H,4,14,24H2,1-3H3;1H/t15-,16-,18+,21-;/m0./s1. The number of carbonyl (C=O) groups is 1. The molecule has 0 aliphatic carbocycles. The summed E-state index contributed by atoms with van der Waals surface area (Å²) in [6.45, 7) is 5.48. The van der Waals surface area contributed by atoms with Gasteiger partial charge in [-0.05, 0) is 56.5 Å². The number of rotatable bonds is 9. The van der Waals surface area contributed by atoms with Crippen LogP contribution in [0.3, 0.4) is 0 Å². The number of esters is 1. The zero-order valence-corrected chi connectivity index (χ0v) is 17.3. The maximum Gasteiger partial charge on any atom is 0.323 e. The minimum absolute atomic E-state index is 0. The fraction of sp³-hybridized carbons (Fsp3) is 0.409. The number of ether oxygens (including phenoxy) is 2. The highest BCUT2D eigenvalue weighted by Gasteiger charge is 2.31. The molecule has 6 heteroatoms. The number of nitrogens with two attached hydrogens (primary N) is 1. The second-order valence-corrected chi connectivity index (χ2v) is 6.83. The van der Waals surface area contributed by atoms with Crippen LogP contribution in [0.5, 0.6) is 5.75 Å². The van der Waals surface area contributed by atoms with Crippen LogP contribution < -0.4 is 10.5 Å². The first-order chi connectivity index (χ1) is 12.9. The number of hydrogen-bond acceptors (Lipinski definition) is 4. The SMILES string of the molecule is CC[C@H](Cc1ccc(F)cc1)[C@@H](Oc1ccccc1)[C@H](C)OC(=O)[C@H](C)N.Cl. The summed E-state index contributed by atoms with van der Waals surface area (Å²) in [4.78, 5) is 12.0. The van der Waals surface area contributed by atoms with Gasteiger partial charge in [0.05, 0.1) is 0 Å². The number of benzene rings is 2. The van der Waals surface area contributed by atoms with E-state index in [2.05, 4.69) is 6.92 Å². The topological polar surface area (TPSA) is 61.5 Å². The van der Waals surface area contributed by atoms with E-state index >= 15 is 0 Å². The fourth-order valence-corrected chi connectivity index (χ4v) is 3.01. The van der Waals surface area contributed by atoms with Crippen molar-refractivity contribution in [3.63, 3.8) is 0 Å². The smallest absolute Gasteiger partial charge is 0.323 e. The van der Waals surface area contributed by atoms with Gasteiger partial charge in [0.25, 0.3) is 0 Å². The number of carbonyl (C=O) groups excluding carboxylic acids is 1. The van der Waals surface area contributed by atoms with Crippen molar-refractivity contribution >= 4 is 18.4 Å². The molecular weight excluding hydrogens is 381 g/mol. The molecular formula is C22H29ClFNO3. The Bertz CT molecular complexity index is 709. The highest BCUT2D eigenvalue weighted by Crippen LogP contribution is 2.25. The van der Waals surface area contributed by atoms with Crippen LogP contribution in [0.15, 0.2) is 54.6 Å². The van der Waals surface area contributed by atoms with Crippen molar-refractivity contribution in [3.8, 4) is 5.75 Å². The molecule has 2 rings (SSSR count). The van der Waals surface area contributed by atoms with Gasteiger partial charge in [-0.2, -0.15) is 0 Å². The van der Waals surface area contributed by atoms with E-state index in [1.54, 1.807) is 19.1 Å². The van der Waals surface area contributed by atoms with Crippen LogP contribution in [0.4, 0.5) is 4.39 Å². The Morgan fingerprint density at radius 2 is 1.68 bits per heavy atom. The molecule has 2 aromatic rings. The predicted molar refractivity (Wildman–Crippen MR) is 111 cm³/mol. The third kappa shape index (κ3) is 7.13. The molecule has 154 valence electrons. The number of para-hydroxylation sites is 1. The van der Waals surface area contributed by atoms with Crippen LogP contribution in [-0.2, 0) is 16.0 Å². The summed E-state index contributed by atoms with van der Waals surface area (Å²) in [5.41, 5.74) is 6.64. The third-order valence-corrected chi connectivity index (χ3v) is 4.55. The minimum Gasteiger partial charge on any atom is -0.486 e. The minimum atomic E-state index is -0.693. The first kappa shape index (κ1) is 23.9. The molecule has 4 nitrogen and oxygen atoms in total. The average Bonchev–Trinajstić information content (AvgIpc) is 2.66. The molecule has 2 aromatic carbocycles. The van der Waals surface area contributed by atoms with Crippen LogP contribution in [-0.4, -0.2) is 24.2 Å². The number of hydrogen-bond donors (Lipinski definition) is 1. The van der Waals surface area contributed by atoms with Crippen molar-refractivity contribution in [2.75, 3.05) is 0 Å². The van der Waals surface area contributed by atoms with E-state index in [4.69, 9.17) is 15.2 Å². The van der Waals surface area contributed by atoms with Gasteiger partial charge < -0.3 is 15.2 Å². The van der Waals surface area contributed by atoms with Gasteiger partial charge in [0.2, 0.25) is 0 Å². The Morgan fingerprint density at radius 3 is 2.21 bits per heavy atom. The molecule has 0 bridgehead atoms. The van der Waals surface area contributed by atoms with Crippen LogP contribution in [0.2, 0.25) is 0 Å². The second-order valence-electron chi connectivity index (χ2n) is 6.83.